The lowest BCUT2D eigenvalue weighted by Gasteiger charge is -2.27. The van der Waals surface area contributed by atoms with Crippen molar-refractivity contribution in [2.45, 2.75) is 18.9 Å². The molecule has 9 heteroatoms. The van der Waals surface area contributed by atoms with Crippen LogP contribution in [0.4, 0.5) is 20.2 Å². The molecule has 7 nitrogen and oxygen atoms in total. The van der Waals surface area contributed by atoms with Gasteiger partial charge in [-0.3, -0.25) is 4.79 Å². The van der Waals surface area contributed by atoms with Crippen LogP contribution >= 0.6 is 0 Å². The van der Waals surface area contributed by atoms with E-state index < -0.39 is 11.6 Å². The molecule has 172 valence electrons. The van der Waals surface area contributed by atoms with E-state index in [-0.39, 0.29) is 18.7 Å². The number of benzene rings is 2. The number of rotatable bonds is 4. The summed E-state index contributed by atoms with van der Waals surface area (Å²) in [4.78, 5) is 15.1. The van der Waals surface area contributed by atoms with Crippen molar-refractivity contribution in [1.82, 2.24) is 9.61 Å². The molecule has 2 aromatic heterocycles. The molecule has 1 unspecified atom stereocenters. The number of fused-ring (bicyclic) bond motifs is 2. The third-order valence-electron chi connectivity index (χ3n) is 6.28. The van der Waals surface area contributed by atoms with Crippen molar-refractivity contribution < 1.29 is 23.0 Å². The van der Waals surface area contributed by atoms with E-state index in [0.717, 1.165) is 18.2 Å². The van der Waals surface area contributed by atoms with Gasteiger partial charge >= 0.3 is 0 Å². The van der Waals surface area contributed by atoms with Gasteiger partial charge in [-0.05, 0) is 55.3 Å². The number of pyridine rings is 1. The van der Waals surface area contributed by atoms with Crippen LogP contribution in [0, 0.1) is 11.6 Å². The Morgan fingerprint density at radius 2 is 1.94 bits per heavy atom. The lowest BCUT2D eigenvalue weighted by molar-refractivity contribution is 0.102. The number of nitrogens with one attached hydrogen (secondary N) is 1. The molecule has 4 aromatic rings. The zero-order valence-electron chi connectivity index (χ0n) is 18.0. The minimum absolute atomic E-state index is 0.153. The molecule has 1 fully saturated rings. The Labute approximate surface area is 193 Å². The standard InChI is InChI=1S/C25H20F2N4O3/c26-15-3-5-20(27)18(10-15)21-2-1-8-30(21)17-7-9-31-22(12-17)19(13-28-31)25(32)29-16-4-6-23-24(11-16)34-14-33-23/h3-7,9-13,21H,1-2,8,14H2,(H,29,32). The Hall–Kier alpha value is -4.14. The maximum atomic E-state index is 14.5. The number of amides is 1. The Morgan fingerprint density at radius 3 is 2.85 bits per heavy atom. The van der Waals surface area contributed by atoms with Gasteiger partial charge < -0.3 is 19.7 Å². The number of ether oxygens (including phenoxy) is 2. The van der Waals surface area contributed by atoms with Crippen LogP contribution in [0.1, 0.15) is 34.8 Å². The second kappa shape index (κ2) is 8.02. The molecule has 6 rings (SSSR count). The molecular formula is C25H20F2N4O3. The van der Waals surface area contributed by atoms with Gasteiger partial charge in [-0.15, -0.1) is 0 Å². The predicted molar refractivity (Wildman–Crippen MR) is 121 cm³/mol. The topological polar surface area (TPSA) is 68.1 Å². The first-order chi connectivity index (χ1) is 16.6. The van der Waals surface area contributed by atoms with Crippen LogP contribution in [0.3, 0.4) is 0 Å². The minimum atomic E-state index is -0.461. The normalized spacial score (nSPS) is 16.9. The number of nitrogens with zero attached hydrogens (tertiary/aromatic N) is 3. The maximum Gasteiger partial charge on any atom is 0.259 e. The van der Waals surface area contributed by atoms with Crippen molar-refractivity contribution in [1.29, 1.82) is 0 Å². The van der Waals surface area contributed by atoms with Crippen LogP contribution in [-0.2, 0) is 0 Å². The Bertz CT molecular complexity index is 1420. The number of carbonyl (C=O) groups excluding carboxylic acids is 1. The van der Waals surface area contributed by atoms with Gasteiger partial charge in [-0.1, -0.05) is 0 Å². The Balaban J connectivity index is 1.31. The summed E-state index contributed by atoms with van der Waals surface area (Å²) in [6, 6.07) is 12.2. The smallest absolute Gasteiger partial charge is 0.259 e. The number of anilines is 2. The van der Waals surface area contributed by atoms with Gasteiger partial charge in [0.1, 0.15) is 11.6 Å². The average molecular weight is 462 g/mol. The number of hydrogen-bond donors (Lipinski definition) is 1. The fourth-order valence-corrected chi connectivity index (χ4v) is 4.66. The van der Waals surface area contributed by atoms with Crippen molar-refractivity contribution in [3.05, 3.63) is 83.7 Å². The predicted octanol–water partition coefficient (Wildman–Crippen LogP) is 4.94. The third kappa shape index (κ3) is 3.49. The van der Waals surface area contributed by atoms with E-state index in [1.54, 1.807) is 28.9 Å². The molecule has 1 saturated heterocycles. The highest BCUT2D eigenvalue weighted by Gasteiger charge is 2.29. The lowest BCUT2D eigenvalue weighted by Crippen LogP contribution is -2.23. The molecule has 0 saturated carbocycles. The van der Waals surface area contributed by atoms with Crippen molar-refractivity contribution >= 4 is 22.8 Å². The van der Waals surface area contributed by atoms with Gasteiger partial charge in [0.25, 0.3) is 5.91 Å². The minimum Gasteiger partial charge on any atom is -0.454 e. The van der Waals surface area contributed by atoms with E-state index in [2.05, 4.69) is 10.4 Å². The summed E-state index contributed by atoms with van der Waals surface area (Å²) < 4.78 is 40.6. The maximum absolute atomic E-state index is 14.5. The number of hydrogen-bond acceptors (Lipinski definition) is 5. The van der Waals surface area contributed by atoms with Crippen LogP contribution in [0.15, 0.2) is 60.9 Å². The molecule has 1 N–H and O–H groups in total. The third-order valence-corrected chi connectivity index (χ3v) is 6.28. The van der Waals surface area contributed by atoms with Gasteiger partial charge in [-0.2, -0.15) is 5.10 Å². The summed E-state index contributed by atoms with van der Waals surface area (Å²) in [7, 11) is 0. The zero-order valence-corrected chi connectivity index (χ0v) is 18.0. The summed E-state index contributed by atoms with van der Waals surface area (Å²) in [5, 5.41) is 7.16. The summed E-state index contributed by atoms with van der Waals surface area (Å²) >= 11 is 0. The van der Waals surface area contributed by atoms with Crippen LogP contribution in [-0.4, -0.2) is 28.9 Å². The van der Waals surface area contributed by atoms with E-state index in [0.29, 0.717) is 46.8 Å². The molecule has 1 amide bonds. The molecule has 34 heavy (non-hydrogen) atoms. The van der Waals surface area contributed by atoms with Crippen molar-refractivity contribution in [3.8, 4) is 11.5 Å². The van der Waals surface area contributed by atoms with E-state index >= 15 is 0 Å². The molecule has 0 radical (unpaired) electrons. The van der Waals surface area contributed by atoms with Gasteiger partial charge in [-0.25, -0.2) is 13.3 Å². The quantitative estimate of drug-likeness (QED) is 0.466. The number of carbonyl (C=O) groups is 1. The van der Waals surface area contributed by atoms with E-state index in [1.165, 1.54) is 18.3 Å². The summed E-state index contributed by atoms with van der Waals surface area (Å²) in [5.74, 6) is 0.00258. The first-order valence-electron chi connectivity index (χ1n) is 11.0. The highest BCUT2D eigenvalue weighted by molar-refractivity contribution is 6.09. The van der Waals surface area contributed by atoms with Crippen LogP contribution < -0.4 is 19.7 Å². The highest BCUT2D eigenvalue weighted by atomic mass is 19.1. The lowest BCUT2D eigenvalue weighted by atomic mass is 10.0. The second-order valence-electron chi connectivity index (χ2n) is 8.31. The van der Waals surface area contributed by atoms with Gasteiger partial charge in [0.05, 0.1) is 23.3 Å². The van der Waals surface area contributed by atoms with Crippen molar-refractivity contribution in [2.24, 2.45) is 0 Å². The van der Waals surface area contributed by atoms with Gasteiger partial charge in [0, 0.05) is 35.7 Å². The number of halogens is 2. The Morgan fingerprint density at radius 1 is 1.06 bits per heavy atom. The number of aromatic nitrogens is 2. The zero-order chi connectivity index (χ0) is 23.2. The Kier molecular flexibility index (Phi) is 4.83. The average Bonchev–Trinajstić information content (AvgIpc) is 3.59. The van der Waals surface area contributed by atoms with Crippen LogP contribution in [0.5, 0.6) is 11.5 Å². The van der Waals surface area contributed by atoms with Gasteiger partial charge in [0.2, 0.25) is 6.79 Å². The largest absolute Gasteiger partial charge is 0.454 e. The SMILES string of the molecule is O=C(Nc1ccc2c(c1)OCO2)c1cnn2ccc(N3CCCC3c3cc(F)ccc3F)cc12. The molecule has 2 aromatic carbocycles. The molecular weight excluding hydrogens is 442 g/mol. The van der Waals surface area contributed by atoms with E-state index in [1.807, 2.05) is 17.0 Å². The van der Waals surface area contributed by atoms with Crippen molar-refractivity contribution in [3.63, 3.8) is 0 Å². The van der Waals surface area contributed by atoms with Crippen molar-refractivity contribution in [2.75, 3.05) is 23.6 Å². The highest BCUT2D eigenvalue weighted by Crippen LogP contribution is 2.38. The van der Waals surface area contributed by atoms with Gasteiger partial charge in [0.15, 0.2) is 11.5 Å². The molecule has 2 aliphatic rings. The molecule has 0 spiro atoms. The van der Waals surface area contributed by atoms with E-state index in [9.17, 15) is 13.6 Å². The first kappa shape index (κ1) is 20.5. The van der Waals surface area contributed by atoms with Crippen LogP contribution in [0.25, 0.3) is 5.52 Å². The van der Waals surface area contributed by atoms with E-state index in [4.69, 9.17) is 9.47 Å². The fourth-order valence-electron chi connectivity index (χ4n) is 4.66. The monoisotopic (exact) mass is 462 g/mol. The van der Waals surface area contributed by atoms with Crippen LogP contribution in [0.2, 0.25) is 0 Å². The molecule has 1 atom stereocenters. The fraction of sp³-hybridized carbons (Fsp3) is 0.200. The summed E-state index contributed by atoms with van der Waals surface area (Å²) in [6.45, 7) is 0.851. The molecule has 4 heterocycles. The summed E-state index contributed by atoms with van der Waals surface area (Å²) in [5.41, 5.74) is 2.74. The summed E-state index contributed by atoms with van der Waals surface area (Å²) in [6.07, 6.45) is 4.83. The molecule has 0 bridgehead atoms. The second-order valence-corrected chi connectivity index (χ2v) is 8.31. The molecule has 0 aliphatic carbocycles. The molecule has 2 aliphatic heterocycles. The first-order valence-corrected chi connectivity index (χ1v) is 11.0.